The molecule has 1 atom stereocenters. The van der Waals surface area contributed by atoms with Gasteiger partial charge in [-0.05, 0) is 77.5 Å². The summed E-state index contributed by atoms with van der Waals surface area (Å²) in [6.45, 7) is 5.35. The van der Waals surface area contributed by atoms with E-state index in [-0.39, 0.29) is 5.91 Å². The van der Waals surface area contributed by atoms with Gasteiger partial charge < -0.3 is 10.6 Å². The van der Waals surface area contributed by atoms with Crippen LogP contribution in [0.3, 0.4) is 0 Å². The average molecular weight is 292 g/mol. The fourth-order valence-corrected chi connectivity index (χ4v) is 3.20. The van der Waals surface area contributed by atoms with Crippen LogP contribution < -0.4 is 10.6 Å². The normalized spacial score (nSPS) is 23.3. The van der Waals surface area contributed by atoms with E-state index in [9.17, 15) is 10.1 Å². The molecule has 2 fully saturated rings. The highest BCUT2D eigenvalue weighted by molar-refractivity contribution is 5.79. The van der Waals surface area contributed by atoms with Crippen LogP contribution in [0.5, 0.6) is 0 Å². The Morgan fingerprint density at radius 2 is 2.00 bits per heavy atom. The van der Waals surface area contributed by atoms with Crippen molar-refractivity contribution in [2.75, 3.05) is 33.2 Å². The van der Waals surface area contributed by atoms with Gasteiger partial charge in [0.2, 0.25) is 5.91 Å². The Morgan fingerprint density at radius 3 is 2.52 bits per heavy atom. The molecule has 5 nitrogen and oxygen atoms in total. The maximum Gasteiger partial charge on any atom is 0.235 e. The zero-order valence-corrected chi connectivity index (χ0v) is 13.3. The molecule has 1 unspecified atom stereocenters. The number of hydrogen-bond donors (Lipinski definition) is 2. The Balaban J connectivity index is 1.71. The zero-order valence-electron chi connectivity index (χ0n) is 13.3. The summed E-state index contributed by atoms with van der Waals surface area (Å²) in [5, 5.41) is 15.4. The molecule has 118 valence electrons. The molecule has 0 aromatic heterocycles. The molecule has 0 bridgehead atoms. The first-order valence-corrected chi connectivity index (χ1v) is 8.16. The molecule has 0 radical (unpaired) electrons. The van der Waals surface area contributed by atoms with Crippen LogP contribution in [0.4, 0.5) is 0 Å². The number of carbonyl (C=O) groups is 1. The molecule has 2 N–H and O–H groups in total. The van der Waals surface area contributed by atoms with Gasteiger partial charge in [0.05, 0.1) is 12.6 Å². The number of carbonyl (C=O) groups excluding carboxylic acids is 1. The van der Waals surface area contributed by atoms with Crippen LogP contribution in [-0.4, -0.2) is 49.6 Å². The quantitative estimate of drug-likeness (QED) is 0.738. The van der Waals surface area contributed by atoms with Crippen LogP contribution in [0.25, 0.3) is 0 Å². The number of piperidine rings is 1. The topological polar surface area (TPSA) is 68.2 Å². The van der Waals surface area contributed by atoms with Crippen molar-refractivity contribution < 1.29 is 4.79 Å². The Labute approximate surface area is 128 Å². The fourth-order valence-electron chi connectivity index (χ4n) is 3.20. The molecule has 1 saturated carbocycles. The standard InChI is InChI=1S/C16H28N4O/c1-16(12-17,14-3-4-14)19-15(21)11-20-9-6-13(7-10-20)5-8-18-2/h13-14,18H,3-11H2,1-2H3,(H,19,21). The summed E-state index contributed by atoms with van der Waals surface area (Å²) in [5.41, 5.74) is -0.664. The number of likely N-dealkylation sites (tertiary alicyclic amines) is 1. The first-order valence-electron chi connectivity index (χ1n) is 8.16. The van der Waals surface area contributed by atoms with E-state index in [0.29, 0.717) is 12.5 Å². The van der Waals surface area contributed by atoms with Crippen LogP contribution in [-0.2, 0) is 4.79 Å². The highest BCUT2D eigenvalue weighted by atomic mass is 16.2. The van der Waals surface area contributed by atoms with E-state index < -0.39 is 5.54 Å². The second-order valence-corrected chi connectivity index (χ2v) is 6.75. The Hall–Kier alpha value is -1.12. The van der Waals surface area contributed by atoms with Crippen LogP contribution in [0, 0.1) is 23.2 Å². The largest absolute Gasteiger partial charge is 0.337 e. The van der Waals surface area contributed by atoms with Crippen molar-refractivity contribution in [2.24, 2.45) is 11.8 Å². The summed E-state index contributed by atoms with van der Waals surface area (Å²) in [5.74, 6) is 1.13. The third-order valence-corrected chi connectivity index (χ3v) is 4.90. The Bertz CT molecular complexity index is 394. The van der Waals surface area contributed by atoms with Gasteiger partial charge >= 0.3 is 0 Å². The van der Waals surface area contributed by atoms with Crippen LogP contribution in [0.2, 0.25) is 0 Å². The van der Waals surface area contributed by atoms with E-state index in [1.54, 1.807) is 0 Å². The van der Waals surface area contributed by atoms with E-state index >= 15 is 0 Å². The summed E-state index contributed by atoms with van der Waals surface area (Å²) in [7, 11) is 1.99. The van der Waals surface area contributed by atoms with Gasteiger partial charge in [0.15, 0.2) is 0 Å². The Kier molecular flexibility index (Phi) is 5.60. The molecule has 1 aliphatic heterocycles. The van der Waals surface area contributed by atoms with Crippen molar-refractivity contribution in [3.05, 3.63) is 0 Å². The number of nitrogens with zero attached hydrogens (tertiary/aromatic N) is 2. The van der Waals surface area contributed by atoms with Gasteiger partial charge in [-0.2, -0.15) is 5.26 Å². The number of nitrogens with one attached hydrogen (secondary N) is 2. The lowest BCUT2D eigenvalue weighted by atomic mass is 9.93. The predicted molar refractivity (Wildman–Crippen MR) is 82.6 cm³/mol. The SMILES string of the molecule is CNCCC1CCN(CC(=O)NC(C)(C#N)C2CC2)CC1. The predicted octanol–water partition coefficient (Wildman–Crippen LogP) is 1.12. The van der Waals surface area contributed by atoms with Crippen molar-refractivity contribution in [3.8, 4) is 6.07 Å². The van der Waals surface area contributed by atoms with E-state index in [4.69, 9.17) is 0 Å². The Morgan fingerprint density at radius 1 is 1.33 bits per heavy atom. The second kappa shape index (κ2) is 7.24. The maximum atomic E-state index is 12.2. The lowest BCUT2D eigenvalue weighted by Gasteiger charge is -2.32. The van der Waals surface area contributed by atoms with Crippen LogP contribution in [0.1, 0.15) is 39.0 Å². The third kappa shape index (κ3) is 4.69. The molecule has 2 aliphatic rings. The third-order valence-electron chi connectivity index (χ3n) is 4.90. The first kappa shape index (κ1) is 16.3. The lowest BCUT2D eigenvalue weighted by molar-refractivity contribution is -0.124. The monoisotopic (exact) mass is 292 g/mol. The van der Waals surface area contributed by atoms with E-state index in [1.165, 1.54) is 19.3 Å². The molecule has 5 heteroatoms. The number of amides is 1. The van der Waals surface area contributed by atoms with Gasteiger partial charge in [0.1, 0.15) is 5.54 Å². The minimum atomic E-state index is -0.664. The molecule has 1 aliphatic carbocycles. The van der Waals surface area contributed by atoms with Gasteiger partial charge in [0.25, 0.3) is 0 Å². The fraction of sp³-hybridized carbons (Fsp3) is 0.875. The minimum absolute atomic E-state index is 0.000347. The molecule has 1 heterocycles. The van der Waals surface area contributed by atoms with Gasteiger partial charge in [-0.15, -0.1) is 0 Å². The summed E-state index contributed by atoms with van der Waals surface area (Å²) in [4.78, 5) is 14.4. The van der Waals surface area contributed by atoms with E-state index in [0.717, 1.165) is 38.4 Å². The molecule has 0 spiro atoms. The molecule has 0 aromatic rings. The zero-order chi connectivity index (χ0) is 15.3. The first-order chi connectivity index (χ1) is 10.1. The van der Waals surface area contributed by atoms with Crippen molar-refractivity contribution in [1.82, 2.24) is 15.5 Å². The summed E-state index contributed by atoms with van der Waals surface area (Å²) >= 11 is 0. The number of nitriles is 1. The molecule has 21 heavy (non-hydrogen) atoms. The van der Waals surface area contributed by atoms with Crippen molar-refractivity contribution in [3.63, 3.8) is 0 Å². The van der Waals surface area contributed by atoms with Gasteiger partial charge in [-0.3, -0.25) is 9.69 Å². The highest BCUT2D eigenvalue weighted by Crippen LogP contribution is 2.39. The van der Waals surface area contributed by atoms with Crippen molar-refractivity contribution in [2.45, 2.75) is 44.6 Å². The number of rotatable bonds is 7. The molecule has 1 saturated heterocycles. The molecule has 1 amide bonds. The number of hydrogen-bond acceptors (Lipinski definition) is 4. The van der Waals surface area contributed by atoms with E-state index in [1.807, 2.05) is 14.0 Å². The molecular weight excluding hydrogens is 264 g/mol. The summed E-state index contributed by atoms with van der Waals surface area (Å²) in [6, 6.07) is 2.28. The average Bonchev–Trinajstić information content (AvgIpc) is 3.31. The summed E-state index contributed by atoms with van der Waals surface area (Å²) in [6.07, 6.45) is 5.69. The van der Waals surface area contributed by atoms with Gasteiger partial charge in [-0.25, -0.2) is 0 Å². The summed E-state index contributed by atoms with van der Waals surface area (Å²) < 4.78 is 0. The van der Waals surface area contributed by atoms with Crippen molar-refractivity contribution in [1.29, 1.82) is 5.26 Å². The smallest absolute Gasteiger partial charge is 0.235 e. The van der Waals surface area contributed by atoms with Crippen LogP contribution >= 0.6 is 0 Å². The molecule has 2 rings (SSSR count). The highest BCUT2D eigenvalue weighted by Gasteiger charge is 2.43. The molecular formula is C16H28N4O. The van der Waals surface area contributed by atoms with Crippen LogP contribution in [0.15, 0.2) is 0 Å². The van der Waals surface area contributed by atoms with Crippen molar-refractivity contribution >= 4 is 5.91 Å². The minimum Gasteiger partial charge on any atom is -0.337 e. The molecule has 0 aromatic carbocycles. The maximum absolute atomic E-state index is 12.2. The van der Waals surface area contributed by atoms with Gasteiger partial charge in [0, 0.05) is 0 Å². The second-order valence-electron chi connectivity index (χ2n) is 6.75. The lowest BCUT2D eigenvalue weighted by Crippen LogP contribution is -2.51. The van der Waals surface area contributed by atoms with E-state index in [2.05, 4.69) is 21.6 Å². The van der Waals surface area contributed by atoms with Gasteiger partial charge in [-0.1, -0.05) is 0 Å².